The van der Waals surface area contributed by atoms with Crippen LogP contribution in [0.3, 0.4) is 0 Å². The van der Waals surface area contributed by atoms with Crippen LogP contribution in [0.1, 0.15) is 25.0 Å². The van der Waals surface area contributed by atoms with Gasteiger partial charge in [-0.25, -0.2) is 0 Å². The summed E-state index contributed by atoms with van der Waals surface area (Å²) in [4.78, 5) is 2.37. The van der Waals surface area contributed by atoms with E-state index < -0.39 is 0 Å². The molecule has 0 N–H and O–H groups in total. The molecule has 3 aromatic heterocycles. The Balaban J connectivity index is 0.771. The Morgan fingerprint density at radius 2 is 0.772 bits per heavy atom. The molecule has 0 amide bonds. The first kappa shape index (κ1) is 45.1. The van der Waals surface area contributed by atoms with Crippen LogP contribution in [-0.4, -0.2) is 9.13 Å². The van der Waals surface area contributed by atoms with E-state index in [2.05, 4.69) is 289 Å². The summed E-state index contributed by atoms with van der Waals surface area (Å²) in [6.07, 6.45) is 0. The van der Waals surface area contributed by atoms with Crippen molar-refractivity contribution in [2.24, 2.45) is 0 Å². The lowest BCUT2D eigenvalue weighted by Gasteiger charge is -2.26. The zero-order valence-corrected chi connectivity index (χ0v) is 43.7. The van der Waals surface area contributed by atoms with Gasteiger partial charge in [0, 0.05) is 71.7 Å². The number of furan rings is 1. The van der Waals surface area contributed by atoms with Crippen LogP contribution in [-0.2, 0) is 5.41 Å². The number of para-hydroxylation sites is 6. The van der Waals surface area contributed by atoms with Crippen molar-refractivity contribution in [3.05, 3.63) is 284 Å². The quantitative estimate of drug-likeness (QED) is 0.152. The number of rotatable bonds is 8. The van der Waals surface area contributed by atoms with Crippen molar-refractivity contribution >= 4 is 82.6 Å². The van der Waals surface area contributed by atoms with Gasteiger partial charge in [-0.1, -0.05) is 178 Å². The minimum atomic E-state index is -0.192. The number of benzene rings is 12. The summed E-state index contributed by atoms with van der Waals surface area (Å²) < 4.78 is 11.3. The Kier molecular flexibility index (Phi) is 9.95. The summed E-state index contributed by atoms with van der Waals surface area (Å²) in [5.74, 6) is 0. The minimum absolute atomic E-state index is 0.192. The third-order valence-electron chi connectivity index (χ3n) is 16.9. The van der Waals surface area contributed by atoms with E-state index >= 15 is 0 Å². The smallest absolute Gasteiger partial charge is 0.143 e. The first-order chi connectivity index (χ1) is 38.9. The van der Waals surface area contributed by atoms with E-state index in [0.29, 0.717) is 0 Å². The molecule has 79 heavy (non-hydrogen) atoms. The van der Waals surface area contributed by atoms with Gasteiger partial charge in [0.2, 0.25) is 0 Å². The van der Waals surface area contributed by atoms with Crippen LogP contribution in [0.2, 0.25) is 0 Å². The van der Waals surface area contributed by atoms with Crippen LogP contribution in [0.4, 0.5) is 17.1 Å². The Morgan fingerprint density at radius 1 is 0.304 bits per heavy atom. The first-order valence-corrected chi connectivity index (χ1v) is 27.3. The molecule has 0 atom stereocenters. The molecule has 372 valence electrons. The van der Waals surface area contributed by atoms with Crippen LogP contribution < -0.4 is 4.90 Å². The summed E-state index contributed by atoms with van der Waals surface area (Å²) in [5.41, 5.74) is 24.3. The van der Waals surface area contributed by atoms with Crippen molar-refractivity contribution in [1.29, 1.82) is 0 Å². The van der Waals surface area contributed by atoms with Gasteiger partial charge < -0.3 is 18.5 Å². The van der Waals surface area contributed by atoms with Gasteiger partial charge in [-0.15, -0.1) is 0 Å². The van der Waals surface area contributed by atoms with Crippen molar-refractivity contribution in [2.75, 3.05) is 4.90 Å². The van der Waals surface area contributed by atoms with Crippen LogP contribution in [0.15, 0.2) is 277 Å². The fourth-order valence-electron chi connectivity index (χ4n) is 13.1. The number of aromatic nitrogens is 2. The summed E-state index contributed by atoms with van der Waals surface area (Å²) in [7, 11) is 0. The van der Waals surface area contributed by atoms with Gasteiger partial charge >= 0.3 is 0 Å². The Morgan fingerprint density at radius 3 is 1.41 bits per heavy atom. The molecular formula is C75H51N3O. The predicted molar refractivity (Wildman–Crippen MR) is 331 cm³/mol. The number of hydrogen-bond acceptors (Lipinski definition) is 2. The van der Waals surface area contributed by atoms with Crippen molar-refractivity contribution in [1.82, 2.24) is 9.13 Å². The molecule has 4 nitrogen and oxygen atoms in total. The van der Waals surface area contributed by atoms with Crippen LogP contribution >= 0.6 is 0 Å². The number of fused-ring (bicyclic) bond motifs is 12. The van der Waals surface area contributed by atoms with E-state index in [4.69, 9.17) is 4.42 Å². The Bertz CT molecular complexity index is 4890. The largest absolute Gasteiger partial charge is 0.455 e. The number of nitrogens with zero attached hydrogens (tertiary/aromatic N) is 3. The molecule has 3 heterocycles. The third kappa shape index (κ3) is 7.01. The second-order valence-electron chi connectivity index (χ2n) is 21.7. The summed E-state index contributed by atoms with van der Waals surface area (Å²) in [5, 5.41) is 7.31. The molecule has 0 fully saturated rings. The third-order valence-corrected chi connectivity index (χ3v) is 16.9. The molecular weight excluding hydrogens is 959 g/mol. The van der Waals surface area contributed by atoms with Gasteiger partial charge in [0.1, 0.15) is 11.2 Å². The van der Waals surface area contributed by atoms with Gasteiger partial charge in [0.05, 0.1) is 22.1 Å². The lowest BCUT2D eigenvalue weighted by molar-refractivity contribution is 0.661. The standard InChI is InChI=1S/C75H51N3O/c1-75(2)67-45-52(34-42-59(67)64-47-72-66(46-68(64)75)61-21-10-13-26-70(61)78(72)54-18-7-4-8-19-54)49-30-38-56(39-31-49)76(57-40-32-50(33-41-57)58-23-15-24-63-62-22-11-14-27-73(62)79-74(58)63)55-36-28-48(29-37-55)51-35-43-71-65(44-51)60-20-9-12-25-69(60)77(71)53-16-5-3-6-17-53/h3-47H,1-2H3. The average Bonchev–Trinajstić information content (AvgIpc) is 4.36. The molecule has 0 bridgehead atoms. The highest BCUT2D eigenvalue weighted by molar-refractivity contribution is 6.13. The fourth-order valence-corrected chi connectivity index (χ4v) is 13.1. The van der Waals surface area contributed by atoms with Gasteiger partial charge in [0.15, 0.2) is 0 Å². The van der Waals surface area contributed by atoms with E-state index in [0.717, 1.165) is 61.4 Å². The molecule has 16 rings (SSSR count). The van der Waals surface area contributed by atoms with E-state index in [9.17, 15) is 0 Å². The molecule has 1 aliphatic carbocycles. The maximum atomic E-state index is 6.50. The van der Waals surface area contributed by atoms with Crippen molar-refractivity contribution < 1.29 is 4.42 Å². The molecule has 4 heteroatoms. The number of hydrogen-bond donors (Lipinski definition) is 0. The second-order valence-corrected chi connectivity index (χ2v) is 21.7. The topological polar surface area (TPSA) is 26.2 Å². The van der Waals surface area contributed by atoms with E-state index in [1.54, 1.807) is 0 Å². The summed E-state index contributed by atoms with van der Waals surface area (Å²) >= 11 is 0. The molecule has 0 saturated heterocycles. The van der Waals surface area contributed by atoms with Crippen molar-refractivity contribution in [3.63, 3.8) is 0 Å². The lowest BCUT2D eigenvalue weighted by Crippen LogP contribution is -2.15. The first-order valence-electron chi connectivity index (χ1n) is 27.3. The minimum Gasteiger partial charge on any atom is -0.455 e. The fraction of sp³-hybridized carbons (Fsp3) is 0.0400. The van der Waals surface area contributed by atoms with Crippen LogP contribution in [0.25, 0.3) is 121 Å². The predicted octanol–water partition coefficient (Wildman–Crippen LogP) is 20.6. The molecule has 0 spiro atoms. The Labute approximate surface area is 457 Å². The van der Waals surface area contributed by atoms with Crippen LogP contribution in [0.5, 0.6) is 0 Å². The molecule has 0 saturated carbocycles. The zero-order valence-electron chi connectivity index (χ0n) is 43.7. The monoisotopic (exact) mass is 1010 g/mol. The van der Waals surface area contributed by atoms with E-state index in [1.807, 2.05) is 12.1 Å². The van der Waals surface area contributed by atoms with E-state index in [1.165, 1.54) is 88.2 Å². The highest BCUT2D eigenvalue weighted by atomic mass is 16.3. The van der Waals surface area contributed by atoms with Gasteiger partial charge in [-0.05, 0) is 159 Å². The van der Waals surface area contributed by atoms with Gasteiger partial charge in [-0.2, -0.15) is 0 Å². The number of anilines is 3. The molecule has 15 aromatic rings. The molecule has 12 aromatic carbocycles. The molecule has 0 unspecified atom stereocenters. The normalized spacial score (nSPS) is 12.8. The second kappa shape index (κ2) is 17.4. The van der Waals surface area contributed by atoms with Crippen molar-refractivity contribution in [2.45, 2.75) is 19.3 Å². The molecule has 0 aliphatic heterocycles. The summed E-state index contributed by atoms with van der Waals surface area (Å²) in [6.45, 7) is 4.78. The molecule has 0 radical (unpaired) electrons. The van der Waals surface area contributed by atoms with E-state index in [-0.39, 0.29) is 5.41 Å². The lowest BCUT2D eigenvalue weighted by atomic mass is 9.81. The highest BCUT2D eigenvalue weighted by Gasteiger charge is 2.37. The highest BCUT2D eigenvalue weighted by Crippen LogP contribution is 2.52. The van der Waals surface area contributed by atoms with Crippen molar-refractivity contribution in [3.8, 4) is 55.9 Å². The maximum Gasteiger partial charge on any atom is 0.143 e. The Hall–Kier alpha value is -10.2. The van der Waals surface area contributed by atoms with Gasteiger partial charge in [0.25, 0.3) is 0 Å². The van der Waals surface area contributed by atoms with Gasteiger partial charge in [-0.3, -0.25) is 0 Å². The maximum absolute atomic E-state index is 6.50. The summed E-state index contributed by atoms with van der Waals surface area (Å²) in [6, 6.07) is 99.7. The SMILES string of the molecule is CC1(C)c2cc(-c3ccc(N(c4ccc(-c5ccc6c(c5)c5ccccc5n6-c5ccccc5)cc4)c4ccc(-c5cccc6c5oc5ccccc56)cc4)cc3)ccc2-c2cc3c(cc21)c1ccccc1n3-c1ccccc1. The van der Waals surface area contributed by atoms with Crippen LogP contribution in [0, 0.1) is 0 Å². The zero-order chi connectivity index (χ0) is 52.3. The molecule has 1 aliphatic rings. The average molecular weight is 1010 g/mol.